The van der Waals surface area contributed by atoms with Gasteiger partial charge in [-0.1, -0.05) is 19.1 Å². The lowest BCUT2D eigenvalue weighted by atomic mass is 10.1. The van der Waals surface area contributed by atoms with Crippen molar-refractivity contribution in [1.29, 1.82) is 0 Å². The summed E-state index contributed by atoms with van der Waals surface area (Å²) >= 11 is 0. The van der Waals surface area contributed by atoms with Crippen LogP contribution in [0.2, 0.25) is 0 Å². The zero-order valence-electron chi connectivity index (χ0n) is 16.5. The molecule has 0 aromatic heterocycles. The molecule has 0 radical (unpaired) electrons. The smallest absolute Gasteiger partial charge is 0.228 e. The first kappa shape index (κ1) is 19.2. The number of likely N-dealkylation sites (N-methyl/N-ethyl adjacent to an activating group) is 1. The van der Waals surface area contributed by atoms with Crippen LogP contribution in [0, 0.1) is 6.92 Å². The predicted octanol–water partition coefficient (Wildman–Crippen LogP) is 3.33. The van der Waals surface area contributed by atoms with E-state index < -0.39 is 0 Å². The van der Waals surface area contributed by atoms with Crippen molar-refractivity contribution in [3.63, 3.8) is 0 Å². The Morgan fingerprint density at radius 2 is 1.89 bits per heavy atom. The minimum Gasteiger partial charge on any atom is -0.497 e. The van der Waals surface area contributed by atoms with Gasteiger partial charge in [0, 0.05) is 37.6 Å². The molecule has 144 valence electrons. The fourth-order valence-corrected chi connectivity index (χ4v) is 3.57. The molecular formula is C22H29N3O2. The summed E-state index contributed by atoms with van der Waals surface area (Å²) in [5.41, 5.74) is 4.24. The van der Waals surface area contributed by atoms with E-state index in [4.69, 9.17) is 4.74 Å². The number of methoxy groups -OCH3 is 1. The molecule has 1 amide bonds. The van der Waals surface area contributed by atoms with E-state index in [1.807, 2.05) is 30.3 Å². The first-order valence-corrected chi connectivity index (χ1v) is 9.59. The third-order valence-electron chi connectivity index (χ3n) is 5.14. The Morgan fingerprint density at radius 3 is 2.56 bits per heavy atom. The Morgan fingerprint density at radius 1 is 1.11 bits per heavy atom. The highest BCUT2D eigenvalue weighted by molar-refractivity contribution is 5.92. The summed E-state index contributed by atoms with van der Waals surface area (Å²) in [4.78, 5) is 17.3. The molecule has 1 aliphatic heterocycles. The average molecular weight is 367 g/mol. The number of carbonyl (C=O) groups is 1. The molecule has 1 N–H and O–H groups in total. The zero-order chi connectivity index (χ0) is 19.2. The van der Waals surface area contributed by atoms with Crippen LogP contribution in [0.15, 0.2) is 42.5 Å². The van der Waals surface area contributed by atoms with Gasteiger partial charge >= 0.3 is 0 Å². The van der Waals surface area contributed by atoms with E-state index in [0.717, 1.165) is 49.7 Å². The minimum atomic E-state index is -0.0213. The summed E-state index contributed by atoms with van der Waals surface area (Å²) in [6.07, 6.45) is 0.330. The Bertz CT molecular complexity index is 783. The van der Waals surface area contributed by atoms with Gasteiger partial charge in [0.05, 0.1) is 13.5 Å². The first-order chi connectivity index (χ1) is 13.1. The number of nitrogens with one attached hydrogen (secondary N) is 1. The Balaban J connectivity index is 1.61. The van der Waals surface area contributed by atoms with Gasteiger partial charge in [-0.2, -0.15) is 0 Å². The van der Waals surface area contributed by atoms with Gasteiger partial charge < -0.3 is 19.9 Å². The number of anilines is 2. The summed E-state index contributed by atoms with van der Waals surface area (Å²) in [5, 5.41) is 3.01. The summed E-state index contributed by atoms with van der Waals surface area (Å²) in [6.45, 7) is 9.75. The number of hydrogen-bond acceptors (Lipinski definition) is 4. The van der Waals surface area contributed by atoms with Crippen LogP contribution in [-0.2, 0) is 11.2 Å². The second-order valence-corrected chi connectivity index (χ2v) is 7.00. The molecular weight excluding hydrogens is 338 g/mol. The molecule has 0 spiro atoms. The largest absolute Gasteiger partial charge is 0.497 e. The van der Waals surface area contributed by atoms with Crippen molar-refractivity contribution in [3.05, 3.63) is 53.6 Å². The lowest BCUT2D eigenvalue weighted by Gasteiger charge is -2.36. The quantitative estimate of drug-likeness (QED) is 0.851. The maximum absolute atomic E-state index is 12.4. The van der Waals surface area contributed by atoms with Crippen molar-refractivity contribution in [2.75, 3.05) is 50.1 Å². The first-order valence-electron chi connectivity index (χ1n) is 9.59. The van der Waals surface area contributed by atoms with E-state index in [9.17, 15) is 4.79 Å². The molecule has 0 bridgehead atoms. The van der Waals surface area contributed by atoms with E-state index in [1.165, 1.54) is 11.3 Å². The number of piperazine rings is 1. The van der Waals surface area contributed by atoms with Crippen LogP contribution in [0.5, 0.6) is 5.75 Å². The second-order valence-electron chi connectivity index (χ2n) is 7.00. The molecule has 3 rings (SSSR count). The van der Waals surface area contributed by atoms with Gasteiger partial charge in [-0.05, 0) is 54.9 Å². The van der Waals surface area contributed by atoms with Crippen LogP contribution in [-0.4, -0.2) is 50.6 Å². The summed E-state index contributed by atoms with van der Waals surface area (Å²) in [5.74, 6) is 0.746. The third kappa shape index (κ3) is 5.01. The summed E-state index contributed by atoms with van der Waals surface area (Å²) < 4.78 is 5.22. The third-order valence-corrected chi connectivity index (χ3v) is 5.14. The highest BCUT2D eigenvalue weighted by atomic mass is 16.5. The van der Waals surface area contributed by atoms with Gasteiger partial charge in [-0.3, -0.25) is 4.79 Å². The van der Waals surface area contributed by atoms with Crippen LogP contribution < -0.4 is 15.0 Å². The van der Waals surface area contributed by atoms with Gasteiger partial charge in [0.25, 0.3) is 0 Å². The number of nitrogens with zero attached hydrogens (tertiary/aromatic N) is 2. The number of carbonyl (C=O) groups excluding carboxylic acids is 1. The van der Waals surface area contributed by atoms with E-state index in [0.29, 0.717) is 6.42 Å². The Kier molecular flexibility index (Phi) is 6.35. The number of amides is 1. The lowest BCUT2D eigenvalue weighted by Crippen LogP contribution is -2.46. The van der Waals surface area contributed by atoms with Crippen LogP contribution in [0.25, 0.3) is 0 Å². The molecule has 1 heterocycles. The van der Waals surface area contributed by atoms with Crippen molar-refractivity contribution in [2.24, 2.45) is 0 Å². The van der Waals surface area contributed by atoms with Gasteiger partial charge in [0.2, 0.25) is 5.91 Å². The van der Waals surface area contributed by atoms with Crippen LogP contribution in [0.4, 0.5) is 11.4 Å². The second kappa shape index (κ2) is 8.91. The van der Waals surface area contributed by atoms with E-state index in [1.54, 1.807) is 7.11 Å². The average Bonchev–Trinajstić information content (AvgIpc) is 2.68. The van der Waals surface area contributed by atoms with Crippen LogP contribution >= 0.6 is 0 Å². The van der Waals surface area contributed by atoms with Crippen molar-refractivity contribution in [2.45, 2.75) is 20.3 Å². The van der Waals surface area contributed by atoms with Crippen molar-refractivity contribution in [1.82, 2.24) is 4.90 Å². The number of hydrogen-bond donors (Lipinski definition) is 1. The standard InChI is InChI=1S/C22H29N3O2/c1-4-24-10-12-25(13-11-24)21-9-8-19(14-17(21)2)23-22(26)16-18-6-5-7-20(15-18)27-3/h5-9,14-15H,4,10-13,16H2,1-3H3,(H,23,26). The molecule has 0 saturated carbocycles. The fraction of sp³-hybridized carbons (Fsp3) is 0.409. The van der Waals surface area contributed by atoms with Gasteiger partial charge in [-0.25, -0.2) is 0 Å². The molecule has 5 nitrogen and oxygen atoms in total. The minimum absolute atomic E-state index is 0.0213. The maximum Gasteiger partial charge on any atom is 0.228 e. The summed E-state index contributed by atoms with van der Waals surface area (Å²) in [6, 6.07) is 13.8. The molecule has 2 aromatic carbocycles. The maximum atomic E-state index is 12.4. The number of ether oxygens (including phenoxy) is 1. The van der Waals surface area contributed by atoms with Crippen LogP contribution in [0.3, 0.4) is 0 Å². The molecule has 2 aromatic rings. The molecule has 0 unspecified atom stereocenters. The highest BCUT2D eigenvalue weighted by Gasteiger charge is 2.17. The zero-order valence-corrected chi connectivity index (χ0v) is 16.5. The van der Waals surface area contributed by atoms with Gasteiger partial charge in [-0.15, -0.1) is 0 Å². The molecule has 0 aliphatic carbocycles. The van der Waals surface area contributed by atoms with Gasteiger partial charge in [0.1, 0.15) is 5.75 Å². The molecule has 5 heteroatoms. The van der Waals surface area contributed by atoms with E-state index in [-0.39, 0.29) is 5.91 Å². The van der Waals surface area contributed by atoms with E-state index in [2.05, 4.69) is 41.1 Å². The molecule has 1 saturated heterocycles. The number of rotatable bonds is 6. The Labute approximate surface area is 161 Å². The predicted molar refractivity (Wildman–Crippen MR) is 111 cm³/mol. The Hall–Kier alpha value is -2.53. The van der Waals surface area contributed by atoms with E-state index >= 15 is 0 Å². The van der Waals surface area contributed by atoms with Gasteiger partial charge in [0.15, 0.2) is 0 Å². The molecule has 1 fully saturated rings. The van der Waals surface area contributed by atoms with Crippen molar-refractivity contribution in [3.8, 4) is 5.75 Å². The molecule has 1 aliphatic rings. The van der Waals surface area contributed by atoms with Crippen molar-refractivity contribution < 1.29 is 9.53 Å². The SMILES string of the molecule is CCN1CCN(c2ccc(NC(=O)Cc3cccc(OC)c3)cc2C)CC1. The molecule has 0 atom stereocenters. The fourth-order valence-electron chi connectivity index (χ4n) is 3.57. The highest BCUT2D eigenvalue weighted by Crippen LogP contribution is 2.25. The monoisotopic (exact) mass is 367 g/mol. The lowest BCUT2D eigenvalue weighted by molar-refractivity contribution is -0.115. The van der Waals surface area contributed by atoms with Crippen molar-refractivity contribution >= 4 is 17.3 Å². The topological polar surface area (TPSA) is 44.8 Å². The summed E-state index contributed by atoms with van der Waals surface area (Å²) in [7, 11) is 1.63. The van der Waals surface area contributed by atoms with Crippen LogP contribution in [0.1, 0.15) is 18.1 Å². The number of aryl methyl sites for hydroxylation is 1. The molecule has 27 heavy (non-hydrogen) atoms. The number of benzene rings is 2. The normalized spacial score (nSPS) is 14.9.